The van der Waals surface area contributed by atoms with Gasteiger partial charge in [0.15, 0.2) is 10.7 Å². The normalized spacial score (nSPS) is 13.0. The van der Waals surface area contributed by atoms with Gasteiger partial charge in [-0.2, -0.15) is 0 Å². The SMILES string of the molecule is C[C@@H](CCCOC[SH](=O)=O)CC(=O)O. The fourth-order valence-corrected chi connectivity index (χ4v) is 1.35. The largest absolute Gasteiger partial charge is 0.481 e. The maximum atomic E-state index is 10.3. The van der Waals surface area contributed by atoms with Crippen molar-refractivity contribution in [3.8, 4) is 0 Å². The minimum absolute atomic E-state index is 0.108. The minimum Gasteiger partial charge on any atom is -0.481 e. The van der Waals surface area contributed by atoms with Crippen LogP contribution < -0.4 is 0 Å². The van der Waals surface area contributed by atoms with Crippen LogP contribution in [0.4, 0.5) is 0 Å². The van der Waals surface area contributed by atoms with Crippen LogP contribution in [0.25, 0.3) is 0 Å². The van der Waals surface area contributed by atoms with Gasteiger partial charge >= 0.3 is 5.97 Å². The number of hydrogen-bond acceptors (Lipinski definition) is 4. The molecule has 5 nitrogen and oxygen atoms in total. The van der Waals surface area contributed by atoms with E-state index < -0.39 is 16.7 Å². The van der Waals surface area contributed by atoms with Crippen molar-refractivity contribution in [1.29, 1.82) is 0 Å². The van der Waals surface area contributed by atoms with Gasteiger partial charge in [-0.05, 0) is 18.8 Å². The van der Waals surface area contributed by atoms with Crippen molar-refractivity contribution in [2.45, 2.75) is 26.2 Å². The van der Waals surface area contributed by atoms with Crippen LogP contribution in [0.15, 0.2) is 0 Å². The molecule has 0 unspecified atom stereocenters. The molecule has 0 bridgehead atoms. The van der Waals surface area contributed by atoms with Gasteiger partial charge in [-0.3, -0.25) is 4.79 Å². The van der Waals surface area contributed by atoms with E-state index in [0.29, 0.717) is 13.0 Å². The van der Waals surface area contributed by atoms with E-state index in [0.717, 1.165) is 6.42 Å². The van der Waals surface area contributed by atoms with Gasteiger partial charge in [0.05, 0.1) is 0 Å². The predicted octanol–water partition coefficient (Wildman–Crippen LogP) is 0.463. The summed E-state index contributed by atoms with van der Waals surface area (Å²) < 4.78 is 25.0. The number of thiol groups is 1. The Kier molecular flexibility index (Phi) is 7.41. The molecule has 84 valence electrons. The zero-order chi connectivity index (χ0) is 11.0. The first-order chi connectivity index (χ1) is 6.52. The standard InChI is InChI=1S/C8H16O5S/c1-7(5-8(9)10)3-2-4-13-6-14(11)12/h7,14H,2-6H2,1H3,(H,9,10)/t7-/m0/s1. The van der Waals surface area contributed by atoms with Gasteiger partial charge in [0.2, 0.25) is 0 Å². The van der Waals surface area contributed by atoms with Gasteiger partial charge in [-0.1, -0.05) is 6.92 Å². The highest BCUT2D eigenvalue weighted by Crippen LogP contribution is 2.09. The number of carboxylic acid groups (broad SMARTS) is 1. The Hall–Kier alpha value is -0.620. The highest BCUT2D eigenvalue weighted by Gasteiger charge is 2.06. The van der Waals surface area contributed by atoms with Crippen LogP contribution in [0.5, 0.6) is 0 Å². The lowest BCUT2D eigenvalue weighted by Crippen LogP contribution is -2.06. The van der Waals surface area contributed by atoms with E-state index in [-0.39, 0.29) is 18.3 Å². The third kappa shape index (κ3) is 9.47. The summed E-state index contributed by atoms with van der Waals surface area (Å²) in [6, 6.07) is 0. The van der Waals surface area contributed by atoms with Crippen molar-refractivity contribution in [2.24, 2.45) is 5.92 Å². The van der Waals surface area contributed by atoms with E-state index >= 15 is 0 Å². The Labute approximate surface area is 85.0 Å². The predicted molar refractivity (Wildman–Crippen MR) is 51.8 cm³/mol. The van der Waals surface area contributed by atoms with E-state index in [1.165, 1.54) is 0 Å². The van der Waals surface area contributed by atoms with E-state index in [1.54, 1.807) is 0 Å². The van der Waals surface area contributed by atoms with Crippen LogP contribution in [0.2, 0.25) is 0 Å². The van der Waals surface area contributed by atoms with Crippen molar-refractivity contribution in [3.05, 3.63) is 0 Å². The molecule has 0 aliphatic carbocycles. The molecule has 0 fully saturated rings. The van der Waals surface area contributed by atoms with Crippen molar-refractivity contribution in [1.82, 2.24) is 0 Å². The Morgan fingerprint density at radius 1 is 1.50 bits per heavy atom. The van der Waals surface area contributed by atoms with Gasteiger partial charge < -0.3 is 9.84 Å². The Morgan fingerprint density at radius 3 is 2.64 bits per heavy atom. The summed E-state index contributed by atoms with van der Waals surface area (Å²) in [5.41, 5.74) is 0. The molecule has 0 saturated carbocycles. The molecule has 0 spiro atoms. The van der Waals surface area contributed by atoms with Crippen LogP contribution in [0.1, 0.15) is 26.2 Å². The average Bonchev–Trinajstić information content (AvgIpc) is 2.01. The first-order valence-electron chi connectivity index (χ1n) is 4.43. The van der Waals surface area contributed by atoms with E-state index in [1.807, 2.05) is 6.92 Å². The summed E-state index contributed by atoms with van der Waals surface area (Å²) in [4.78, 5) is 10.3. The maximum absolute atomic E-state index is 10.3. The molecule has 0 radical (unpaired) electrons. The highest BCUT2D eigenvalue weighted by molar-refractivity contribution is 7.72. The molecule has 1 atom stereocenters. The fourth-order valence-electron chi connectivity index (χ4n) is 1.07. The smallest absolute Gasteiger partial charge is 0.303 e. The monoisotopic (exact) mass is 224 g/mol. The van der Waals surface area contributed by atoms with E-state index in [2.05, 4.69) is 0 Å². The van der Waals surface area contributed by atoms with Crippen molar-refractivity contribution < 1.29 is 23.1 Å². The number of rotatable bonds is 8. The molecular weight excluding hydrogens is 208 g/mol. The molecule has 0 amide bonds. The second kappa shape index (κ2) is 7.75. The highest BCUT2D eigenvalue weighted by atomic mass is 32.2. The summed E-state index contributed by atoms with van der Waals surface area (Å²) in [5.74, 6) is -0.944. The summed E-state index contributed by atoms with van der Waals surface area (Å²) >= 11 is 0. The molecule has 0 aromatic carbocycles. The molecule has 0 aromatic rings. The second-order valence-corrected chi connectivity index (χ2v) is 4.14. The van der Waals surface area contributed by atoms with Gasteiger partial charge in [0.1, 0.15) is 5.94 Å². The maximum Gasteiger partial charge on any atom is 0.303 e. The quantitative estimate of drug-likeness (QED) is 0.462. The second-order valence-electron chi connectivity index (χ2n) is 3.22. The number of hydrogen-bond donors (Lipinski definition) is 2. The molecule has 6 heteroatoms. The third-order valence-electron chi connectivity index (χ3n) is 1.71. The van der Waals surface area contributed by atoms with Crippen LogP contribution in [0.3, 0.4) is 0 Å². The van der Waals surface area contributed by atoms with Gasteiger partial charge in [-0.15, -0.1) is 0 Å². The van der Waals surface area contributed by atoms with Gasteiger partial charge in [0.25, 0.3) is 0 Å². The molecule has 0 aliphatic rings. The fraction of sp³-hybridized carbons (Fsp3) is 0.875. The first kappa shape index (κ1) is 13.4. The molecule has 0 aliphatic heterocycles. The number of carboxylic acids is 1. The summed E-state index contributed by atoms with van der Waals surface area (Å²) in [5, 5.41) is 8.45. The van der Waals surface area contributed by atoms with Crippen LogP contribution >= 0.6 is 0 Å². The molecule has 0 rings (SSSR count). The van der Waals surface area contributed by atoms with Crippen LogP contribution in [0, 0.1) is 5.92 Å². The van der Waals surface area contributed by atoms with E-state index in [4.69, 9.17) is 9.84 Å². The zero-order valence-corrected chi connectivity index (χ0v) is 9.03. The Bertz CT molecular complexity index is 228. The topological polar surface area (TPSA) is 80.7 Å². The number of ether oxygens (including phenoxy) is 1. The third-order valence-corrected chi connectivity index (χ3v) is 2.10. The average molecular weight is 224 g/mol. The van der Waals surface area contributed by atoms with E-state index in [9.17, 15) is 13.2 Å². The summed E-state index contributed by atoms with van der Waals surface area (Å²) in [6.07, 6.45) is 1.58. The Morgan fingerprint density at radius 2 is 2.14 bits per heavy atom. The summed E-state index contributed by atoms with van der Waals surface area (Å²) in [7, 11) is -2.46. The molecule has 1 N–H and O–H groups in total. The molecule has 0 saturated heterocycles. The minimum atomic E-state index is -2.46. The molecule has 0 heterocycles. The zero-order valence-electron chi connectivity index (χ0n) is 8.14. The number of carbonyl (C=O) groups is 1. The lowest BCUT2D eigenvalue weighted by Gasteiger charge is -2.07. The lowest BCUT2D eigenvalue weighted by molar-refractivity contribution is -0.138. The van der Waals surface area contributed by atoms with Crippen LogP contribution in [-0.4, -0.2) is 32.0 Å². The Balaban J connectivity index is 3.31. The van der Waals surface area contributed by atoms with Gasteiger partial charge in [0, 0.05) is 13.0 Å². The molecule has 0 aromatic heterocycles. The van der Waals surface area contributed by atoms with Crippen molar-refractivity contribution >= 4 is 16.7 Å². The number of aliphatic carboxylic acids is 1. The molecule has 14 heavy (non-hydrogen) atoms. The molecular formula is C8H16O5S. The van der Waals surface area contributed by atoms with Crippen LogP contribution in [-0.2, 0) is 20.2 Å². The summed E-state index contributed by atoms with van der Waals surface area (Å²) in [6.45, 7) is 2.22. The van der Waals surface area contributed by atoms with Crippen molar-refractivity contribution in [3.63, 3.8) is 0 Å². The van der Waals surface area contributed by atoms with Gasteiger partial charge in [-0.25, -0.2) is 8.42 Å². The lowest BCUT2D eigenvalue weighted by atomic mass is 10.0. The first-order valence-corrected chi connectivity index (χ1v) is 5.80. The van der Waals surface area contributed by atoms with Crippen molar-refractivity contribution in [2.75, 3.05) is 12.5 Å².